The van der Waals surface area contributed by atoms with Gasteiger partial charge in [0.1, 0.15) is 17.3 Å². The number of likely N-dealkylation sites (tertiary alicyclic amines) is 1. The van der Waals surface area contributed by atoms with Gasteiger partial charge in [0.25, 0.3) is 0 Å². The molecule has 1 aromatic carbocycles. The van der Waals surface area contributed by atoms with E-state index in [9.17, 15) is 5.11 Å². The summed E-state index contributed by atoms with van der Waals surface area (Å²) < 4.78 is 16.8. The van der Waals surface area contributed by atoms with Crippen LogP contribution in [0.1, 0.15) is 31.9 Å². The van der Waals surface area contributed by atoms with Crippen molar-refractivity contribution in [3.05, 3.63) is 42.2 Å². The van der Waals surface area contributed by atoms with Gasteiger partial charge in [0.05, 0.1) is 19.3 Å². The fraction of sp³-hybridized carbons (Fsp3) is 0.565. The quantitative estimate of drug-likeness (QED) is 0.844. The van der Waals surface area contributed by atoms with Crippen molar-refractivity contribution in [3.63, 3.8) is 0 Å². The van der Waals surface area contributed by atoms with Gasteiger partial charge in [0.2, 0.25) is 0 Å². The number of rotatable bonds is 5. The highest BCUT2D eigenvalue weighted by Gasteiger charge is 2.45. The lowest BCUT2D eigenvalue weighted by Crippen LogP contribution is -2.55. The SMILES string of the molecule is COc1ccc(-c2ccc(CN3CC[C@@](O)(C4CCOCC4)[C@H](C)C3)o2)cc1. The highest BCUT2D eigenvalue weighted by Crippen LogP contribution is 2.39. The molecule has 2 aromatic rings. The summed E-state index contributed by atoms with van der Waals surface area (Å²) in [5.74, 6) is 3.30. The average Bonchev–Trinajstić information content (AvgIpc) is 3.20. The first-order valence-electron chi connectivity index (χ1n) is 10.3. The number of furan rings is 1. The Bertz CT molecular complexity index is 765. The molecule has 2 aliphatic heterocycles. The molecule has 2 fully saturated rings. The smallest absolute Gasteiger partial charge is 0.134 e. The molecule has 152 valence electrons. The van der Waals surface area contributed by atoms with Crippen molar-refractivity contribution < 1.29 is 19.0 Å². The van der Waals surface area contributed by atoms with Crippen LogP contribution < -0.4 is 4.74 Å². The van der Waals surface area contributed by atoms with Gasteiger partial charge in [-0.3, -0.25) is 4.90 Å². The number of piperidine rings is 1. The lowest BCUT2D eigenvalue weighted by molar-refractivity contribution is -0.132. The van der Waals surface area contributed by atoms with E-state index in [1.165, 1.54) is 0 Å². The molecule has 3 heterocycles. The molecule has 4 rings (SSSR count). The highest BCUT2D eigenvalue weighted by atomic mass is 16.5. The predicted molar refractivity (Wildman–Crippen MR) is 108 cm³/mol. The first-order valence-corrected chi connectivity index (χ1v) is 10.3. The van der Waals surface area contributed by atoms with Gasteiger partial charge in [-0.25, -0.2) is 0 Å². The molecule has 0 radical (unpaired) electrons. The van der Waals surface area contributed by atoms with Crippen molar-refractivity contribution in [3.8, 4) is 17.1 Å². The molecule has 0 amide bonds. The van der Waals surface area contributed by atoms with Crippen LogP contribution in [0, 0.1) is 11.8 Å². The van der Waals surface area contributed by atoms with Crippen LogP contribution >= 0.6 is 0 Å². The lowest BCUT2D eigenvalue weighted by atomic mass is 9.70. The van der Waals surface area contributed by atoms with Crippen LogP contribution in [-0.4, -0.2) is 49.0 Å². The maximum atomic E-state index is 11.3. The fourth-order valence-electron chi connectivity index (χ4n) is 4.76. The van der Waals surface area contributed by atoms with E-state index in [4.69, 9.17) is 13.9 Å². The first-order chi connectivity index (χ1) is 13.6. The van der Waals surface area contributed by atoms with E-state index in [-0.39, 0.29) is 5.92 Å². The van der Waals surface area contributed by atoms with Crippen molar-refractivity contribution >= 4 is 0 Å². The Morgan fingerprint density at radius 1 is 1.14 bits per heavy atom. The zero-order valence-corrected chi connectivity index (χ0v) is 16.9. The third-order valence-corrected chi connectivity index (χ3v) is 6.56. The average molecular weight is 386 g/mol. The molecule has 5 heteroatoms. The molecular weight excluding hydrogens is 354 g/mol. The number of benzene rings is 1. The van der Waals surface area contributed by atoms with Crippen LogP contribution in [0.3, 0.4) is 0 Å². The molecule has 0 aliphatic carbocycles. The maximum Gasteiger partial charge on any atom is 0.134 e. The van der Waals surface area contributed by atoms with Crippen molar-refractivity contribution in [2.45, 2.75) is 38.3 Å². The Morgan fingerprint density at radius 3 is 2.57 bits per heavy atom. The van der Waals surface area contributed by atoms with Gasteiger partial charge in [0.15, 0.2) is 0 Å². The summed E-state index contributed by atoms with van der Waals surface area (Å²) in [5.41, 5.74) is 0.491. The van der Waals surface area contributed by atoms with Crippen LogP contribution in [0.4, 0.5) is 0 Å². The number of hydrogen-bond acceptors (Lipinski definition) is 5. The standard InChI is InChI=1S/C23H31NO4/c1-17-15-24(12-11-23(17,25)19-9-13-27-14-10-19)16-21-7-8-22(28-21)18-3-5-20(26-2)6-4-18/h3-8,17,19,25H,9-16H2,1-2H3/t17-,23+/m1/s1. The molecule has 0 spiro atoms. The van der Waals surface area contributed by atoms with E-state index in [1.807, 2.05) is 30.3 Å². The summed E-state index contributed by atoms with van der Waals surface area (Å²) in [6.07, 6.45) is 2.78. The van der Waals surface area contributed by atoms with E-state index in [0.717, 1.165) is 74.9 Å². The van der Waals surface area contributed by atoms with E-state index >= 15 is 0 Å². The van der Waals surface area contributed by atoms with Crippen molar-refractivity contribution in [1.82, 2.24) is 4.90 Å². The first kappa shape index (κ1) is 19.5. The normalized spacial score (nSPS) is 27.0. The number of aliphatic hydroxyl groups is 1. The number of nitrogens with zero attached hydrogens (tertiary/aromatic N) is 1. The monoisotopic (exact) mass is 385 g/mol. The Hall–Kier alpha value is -1.82. The third kappa shape index (κ3) is 3.97. The van der Waals surface area contributed by atoms with Crippen LogP contribution in [0.15, 0.2) is 40.8 Å². The second-order valence-electron chi connectivity index (χ2n) is 8.26. The Balaban J connectivity index is 1.37. The van der Waals surface area contributed by atoms with Crippen LogP contribution in [0.25, 0.3) is 11.3 Å². The summed E-state index contributed by atoms with van der Waals surface area (Å²) in [4.78, 5) is 2.40. The molecule has 2 atom stereocenters. The van der Waals surface area contributed by atoms with E-state index in [1.54, 1.807) is 7.11 Å². The maximum absolute atomic E-state index is 11.3. The second kappa shape index (κ2) is 8.27. The van der Waals surface area contributed by atoms with Crippen LogP contribution in [0.5, 0.6) is 5.75 Å². The van der Waals surface area contributed by atoms with Gasteiger partial charge in [-0.1, -0.05) is 6.92 Å². The lowest BCUT2D eigenvalue weighted by Gasteiger charge is -2.48. The van der Waals surface area contributed by atoms with Crippen LogP contribution in [0.2, 0.25) is 0 Å². The molecule has 28 heavy (non-hydrogen) atoms. The van der Waals surface area contributed by atoms with Gasteiger partial charge in [0, 0.05) is 31.9 Å². The zero-order chi connectivity index (χ0) is 19.6. The highest BCUT2D eigenvalue weighted by molar-refractivity contribution is 5.58. The second-order valence-corrected chi connectivity index (χ2v) is 8.26. The van der Waals surface area contributed by atoms with Crippen LogP contribution in [-0.2, 0) is 11.3 Å². The molecule has 0 saturated carbocycles. The molecule has 2 saturated heterocycles. The summed E-state index contributed by atoms with van der Waals surface area (Å²) in [5, 5.41) is 11.3. The third-order valence-electron chi connectivity index (χ3n) is 6.56. The van der Waals surface area contributed by atoms with Gasteiger partial charge in [-0.2, -0.15) is 0 Å². The van der Waals surface area contributed by atoms with Crippen molar-refractivity contribution in [2.24, 2.45) is 11.8 Å². The molecule has 2 aliphatic rings. The van der Waals surface area contributed by atoms with Gasteiger partial charge in [-0.05, 0) is 67.5 Å². The Labute approximate surface area is 167 Å². The van der Waals surface area contributed by atoms with Gasteiger partial charge < -0.3 is 19.0 Å². The topological polar surface area (TPSA) is 55.1 Å². The number of ether oxygens (including phenoxy) is 2. The van der Waals surface area contributed by atoms with Crippen molar-refractivity contribution in [1.29, 1.82) is 0 Å². The molecule has 0 bridgehead atoms. The van der Waals surface area contributed by atoms with E-state index < -0.39 is 5.60 Å². The van der Waals surface area contributed by atoms with Crippen molar-refractivity contribution in [2.75, 3.05) is 33.4 Å². The molecule has 1 N–H and O–H groups in total. The fourth-order valence-corrected chi connectivity index (χ4v) is 4.76. The van der Waals surface area contributed by atoms with E-state index in [0.29, 0.717) is 5.92 Å². The molecule has 5 nitrogen and oxygen atoms in total. The molecule has 0 unspecified atom stereocenters. The number of methoxy groups -OCH3 is 1. The van der Waals surface area contributed by atoms with Gasteiger partial charge >= 0.3 is 0 Å². The predicted octanol–water partition coefficient (Wildman–Crippen LogP) is 3.95. The Morgan fingerprint density at radius 2 is 1.89 bits per heavy atom. The minimum Gasteiger partial charge on any atom is -0.497 e. The molecule has 1 aromatic heterocycles. The number of hydrogen-bond donors (Lipinski definition) is 1. The summed E-state index contributed by atoms with van der Waals surface area (Å²) in [6, 6.07) is 12.0. The minimum atomic E-state index is -0.558. The molecular formula is C23H31NO4. The summed E-state index contributed by atoms with van der Waals surface area (Å²) in [7, 11) is 1.67. The van der Waals surface area contributed by atoms with E-state index in [2.05, 4.69) is 17.9 Å². The summed E-state index contributed by atoms with van der Waals surface area (Å²) in [6.45, 7) is 6.33. The van der Waals surface area contributed by atoms with Gasteiger partial charge in [-0.15, -0.1) is 0 Å². The largest absolute Gasteiger partial charge is 0.497 e. The zero-order valence-electron chi connectivity index (χ0n) is 16.9. The minimum absolute atomic E-state index is 0.250. The Kier molecular flexibility index (Phi) is 5.76. The summed E-state index contributed by atoms with van der Waals surface area (Å²) >= 11 is 0.